The number of nitrogens with one attached hydrogen (secondary N) is 1. The summed E-state index contributed by atoms with van der Waals surface area (Å²) in [6.07, 6.45) is 5.84. The van der Waals surface area contributed by atoms with Crippen molar-refractivity contribution in [1.82, 2.24) is 10.2 Å². The van der Waals surface area contributed by atoms with Crippen molar-refractivity contribution in [3.05, 3.63) is 0 Å². The van der Waals surface area contributed by atoms with Gasteiger partial charge in [0, 0.05) is 32.3 Å². The van der Waals surface area contributed by atoms with Gasteiger partial charge in [0.1, 0.15) is 0 Å². The van der Waals surface area contributed by atoms with Gasteiger partial charge in [-0.05, 0) is 39.2 Å². The highest BCUT2D eigenvalue weighted by molar-refractivity contribution is 4.88. The Morgan fingerprint density at radius 1 is 1.33 bits per heavy atom. The predicted molar refractivity (Wildman–Crippen MR) is 62.1 cm³/mol. The van der Waals surface area contributed by atoms with E-state index >= 15 is 0 Å². The molecule has 1 aliphatic heterocycles. The van der Waals surface area contributed by atoms with Crippen LogP contribution in [0, 0.1) is 0 Å². The fourth-order valence-electron chi connectivity index (χ4n) is 2.38. The van der Waals surface area contributed by atoms with Crippen LogP contribution in [-0.4, -0.2) is 49.8 Å². The lowest BCUT2D eigenvalue weighted by molar-refractivity contribution is 0.0637. The Balaban J connectivity index is 1.70. The largest absolute Gasteiger partial charge is 0.380 e. The molecule has 2 unspecified atom stereocenters. The second-order valence-electron chi connectivity index (χ2n) is 5.09. The molecule has 2 fully saturated rings. The molecule has 1 heterocycles. The first-order valence-electron chi connectivity index (χ1n) is 6.29. The van der Waals surface area contributed by atoms with Crippen molar-refractivity contribution in [2.24, 2.45) is 0 Å². The molecule has 0 aromatic carbocycles. The minimum absolute atomic E-state index is 0.365. The molecule has 88 valence electrons. The zero-order valence-electron chi connectivity index (χ0n) is 10.0. The molecule has 2 rings (SSSR count). The van der Waals surface area contributed by atoms with Crippen LogP contribution in [0.15, 0.2) is 0 Å². The lowest BCUT2D eigenvalue weighted by atomic mass is 10.1. The van der Waals surface area contributed by atoms with E-state index in [1.807, 2.05) is 0 Å². The maximum Gasteiger partial charge on any atom is 0.0670 e. The first-order chi connectivity index (χ1) is 7.28. The van der Waals surface area contributed by atoms with E-state index < -0.39 is 0 Å². The Labute approximate surface area is 93.2 Å². The summed E-state index contributed by atoms with van der Waals surface area (Å²) in [5, 5.41) is 3.73. The minimum Gasteiger partial charge on any atom is -0.380 e. The summed E-state index contributed by atoms with van der Waals surface area (Å²) in [5.74, 6) is 0. The zero-order chi connectivity index (χ0) is 10.7. The third-order valence-corrected chi connectivity index (χ3v) is 3.47. The number of ether oxygens (including phenoxy) is 1. The quantitative estimate of drug-likeness (QED) is 0.742. The number of hydrogen-bond donors (Lipinski definition) is 1. The molecule has 0 spiro atoms. The SMILES string of the molecule is COC(C)CN1CCCC(NC2CC2)C1. The van der Waals surface area contributed by atoms with E-state index in [-0.39, 0.29) is 0 Å². The summed E-state index contributed by atoms with van der Waals surface area (Å²) in [7, 11) is 1.80. The molecule has 2 atom stereocenters. The van der Waals surface area contributed by atoms with Crippen molar-refractivity contribution >= 4 is 0 Å². The highest BCUT2D eigenvalue weighted by Crippen LogP contribution is 2.22. The van der Waals surface area contributed by atoms with Gasteiger partial charge in [-0.1, -0.05) is 0 Å². The molecule has 1 saturated heterocycles. The molecular weight excluding hydrogens is 188 g/mol. The maximum absolute atomic E-state index is 5.32. The topological polar surface area (TPSA) is 24.5 Å². The molecule has 1 saturated carbocycles. The maximum atomic E-state index is 5.32. The second-order valence-corrected chi connectivity index (χ2v) is 5.09. The van der Waals surface area contributed by atoms with Crippen LogP contribution in [0.2, 0.25) is 0 Å². The van der Waals surface area contributed by atoms with Crippen LogP contribution in [0.1, 0.15) is 32.6 Å². The Bertz CT molecular complexity index is 194. The third kappa shape index (κ3) is 3.74. The van der Waals surface area contributed by atoms with E-state index in [1.54, 1.807) is 7.11 Å². The standard InChI is InChI=1S/C12H24N2O/c1-10(15-2)8-14-7-3-4-12(9-14)13-11-5-6-11/h10-13H,3-9H2,1-2H3. The van der Waals surface area contributed by atoms with Gasteiger partial charge in [-0.2, -0.15) is 0 Å². The average molecular weight is 212 g/mol. The monoisotopic (exact) mass is 212 g/mol. The van der Waals surface area contributed by atoms with Crippen molar-refractivity contribution in [3.8, 4) is 0 Å². The minimum atomic E-state index is 0.365. The van der Waals surface area contributed by atoms with Crippen molar-refractivity contribution in [3.63, 3.8) is 0 Å². The number of methoxy groups -OCH3 is 1. The Morgan fingerprint density at radius 3 is 2.80 bits per heavy atom. The van der Waals surface area contributed by atoms with E-state index in [4.69, 9.17) is 4.74 Å². The van der Waals surface area contributed by atoms with Crippen LogP contribution >= 0.6 is 0 Å². The second kappa shape index (κ2) is 5.28. The molecule has 15 heavy (non-hydrogen) atoms. The zero-order valence-corrected chi connectivity index (χ0v) is 10.0. The molecule has 1 N–H and O–H groups in total. The summed E-state index contributed by atoms with van der Waals surface area (Å²) < 4.78 is 5.32. The van der Waals surface area contributed by atoms with Gasteiger partial charge in [0.05, 0.1) is 6.10 Å². The van der Waals surface area contributed by atoms with Crippen molar-refractivity contribution in [2.75, 3.05) is 26.7 Å². The Hall–Kier alpha value is -0.120. The molecule has 3 nitrogen and oxygen atoms in total. The average Bonchev–Trinajstić information content (AvgIpc) is 3.02. The molecule has 0 bridgehead atoms. The van der Waals surface area contributed by atoms with E-state index in [0.717, 1.165) is 18.6 Å². The summed E-state index contributed by atoms with van der Waals surface area (Å²) in [6, 6.07) is 1.57. The molecule has 0 amide bonds. The van der Waals surface area contributed by atoms with Gasteiger partial charge >= 0.3 is 0 Å². The van der Waals surface area contributed by atoms with E-state index in [0.29, 0.717) is 6.10 Å². The van der Waals surface area contributed by atoms with Crippen molar-refractivity contribution in [1.29, 1.82) is 0 Å². The first kappa shape index (κ1) is 11.4. The molecule has 2 aliphatic rings. The smallest absolute Gasteiger partial charge is 0.0670 e. The number of hydrogen-bond acceptors (Lipinski definition) is 3. The number of likely N-dealkylation sites (tertiary alicyclic amines) is 1. The van der Waals surface area contributed by atoms with Gasteiger partial charge in [0.15, 0.2) is 0 Å². The van der Waals surface area contributed by atoms with Gasteiger partial charge < -0.3 is 10.1 Å². The lowest BCUT2D eigenvalue weighted by Gasteiger charge is -2.34. The fraction of sp³-hybridized carbons (Fsp3) is 1.00. The van der Waals surface area contributed by atoms with Crippen molar-refractivity contribution < 1.29 is 4.74 Å². The lowest BCUT2D eigenvalue weighted by Crippen LogP contribution is -2.48. The van der Waals surface area contributed by atoms with E-state index in [1.165, 1.54) is 38.8 Å². The van der Waals surface area contributed by atoms with Gasteiger partial charge in [-0.25, -0.2) is 0 Å². The van der Waals surface area contributed by atoms with E-state index in [9.17, 15) is 0 Å². The molecule has 3 heteroatoms. The molecule has 1 aliphatic carbocycles. The van der Waals surface area contributed by atoms with E-state index in [2.05, 4.69) is 17.1 Å². The number of rotatable bonds is 5. The van der Waals surface area contributed by atoms with Gasteiger partial charge in [0.2, 0.25) is 0 Å². The first-order valence-corrected chi connectivity index (χ1v) is 6.29. The van der Waals surface area contributed by atoms with Crippen molar-refractivity contribution in [2.45, 2.75) is 50.8 Å². The third-order valence-electron chi connectivity index (χ3n) is 3.47. The predicted octanol–water partition coefficient (Wildman–Crippen LogP) is 1.24. The molecule has 0 aromatic rings. The van der Waals surface area contributed by atoms with Gasteiger partial charge in [-0.3, -0.25) is 4.90 Å². The highest BCUT2D eigenvalue weighted by Gasteiger charge is 2.27. The number of nitrogens with zero attached hydrogens (tertiary/aromatic N) is 1. The summed E-state index contributed by atoms with van der Waals surface area (Å²) in [5.41, 5.74) is 0. The fourth-order valence-corrected chi connectivity index (χ4v) is 2.38. The van der Waals surface area contributed by atoms with Crippen LogP contribution in [-0.2, 0) is 4.74 Å². The summed E-state index contributed by atoms with van der Waals surface area (Å²) in [6.45, 7) is 5.69. The van der Waals surface area contributed by atoms with Crippen LogP contribution < -0.4 is 5.32 Å². The van der Waals surface area contributed by atoms with Gasteiger partial charge in [-0.15, -0.1) is 0 Å². The van der Waals surface area contributed by atoms with Gasteiger partial charge in [0.25, 0.3) is 0 Å². The summed E-state index contributed by atoms with van der Waals surface area (Å²) >= 11 is 0. The Kier molecular flexibility index (Phi) is 4.00. The Morgan fingerprint density at radius 2 is 2.13 bits per heavy atom. The van der Waals surface area contributed by atoms with Crippen LogP contribution in [0.3, 0.4) is 0 Å². The van der Waals surface area contributed by atoms with Crippen LogP contribution in [0.4, 0.5) is 0 Å². The summed E-state index contributed by atoms with van der Waals surface area (Å²) in [4.78, 5) is 2.54. The molecule has 0 aromatic heterocycles. The van der Waals surface area contributed by atoms with Crippen LogP contribution in [0.25, 0.3) is 0 Å². The normalized spacial score (nSPS) is 30.4. The van der Waals surface area contributed by atoms with Crippen LogP contribution in [0.5, 0.6) is 0 Å². The molecular formula is C12H24N2O. The highest BCUT2D eigenvalue weighted by atomic mass is 16.5. The molecule has 0 radical (unpaired) electrons. The number of piperidine rings is 1.